The number of hydrogen-bond acceptors (Lipinski definition) is 2. The van der Waals surface area contributed by atoms with Gasteiger partial charge in [0.2, 0.25) is 0 Å². The predicted molar refractivity (Wildman–Crippen MR) is 79.1 cm³/mol. The van der Waals surface area contributed by atoms with Gasteiger partial charge in [-0.2, -0.15) is 0 Å². The Morgan fingerprint density at radius 3 is 2.63 bits per heavy atom. The zero-order valence-electron chi connectivity index (χ0n) is 10.8. The number of hydrogen-bond donors (Lipinski definition) is 1. The van der Waals surface area contributed by atoms with E-state index in [1.165, 1.54) is 6.07 Å². The maximum absolute atomic E-state index is 13.5. The minimum absolute atomic E-state index is 0.0247. The zero-order chi connectivity index (χ0) is 13.8. The first kappa shape index (κ1) is 13.9. The van der Waals surface area contributed by atoms with Gasteiger partial charge in [0.05, 0.1) is 17.6 Å². The van der Waals surface area contributed by atoms with Gasteiger partial charge in [0.15, 0.2) is 0 Å². The Morgan fingerprint density at radius 2 is 1.95 bits per heavy atom. The fourth-order valence-electron chi connectivity index (χ4n) is 1.94. The lowest BCUT2D eigenvalue weighted by atomic mass is 10.1. The highest BCUT2D eigenvalue weighted by molar-refractivity contribution is 9.10. The maximum Gasteiger partial charge on any atom is 0.139 e. The minimum atomic E-state index is -0.280. The van der Waals surface area contributed by atoms with Crippen molar-refractivity contribution in [3.05, 3.63) is 58.3 Å². The van der Waals surface area contributed by atoms with Crippen molar-refractivity contribution < 1.29 is 9.13 Å². The first-order valence-corrected chi connectivity index (χ1v) is 6.75. The molecule has 2 aromatic rings. The first-order valence-electron chi connectivity index (χ1n) is 5.96. The number of methoxy groups -OCH3 is 1. The normalized spacial score (nSPS) is 12.0. The van der Waals surface area contributed by atoms with Crippen LogP contribution in [0.4, 0.5) is 10.1 Å². The van der Waals surface area contributed by atoms with E-state index < -0.39 is 0 Å². The molecule has 1 N–H and O–H groups in total. The Kier molecular flexibility index (Phi) is 4.43. The van der Waals surface area contributed by atoms with E-state index in [0.717, 1.165) is 17.0 Å². The molecule has 0 spiro atoms. The van der Waals surface area contributed by atoms with Crippen molar-refractivity contribution in [2.24, 2.45) is 0 Å². The molecule has 100 valence electrons. The summed E-state index contributed by atoms with van der Waals surface area (Å²) in [5.74, 6) is 0.539. The van der Waals surface area contributed by atoms with Crippen molar-refractivity contribution in [1.29, 1.82) is 0 Å². The highest BCUT2D eigenvalue weighted by Gasteiger charge is 2.11. The molecule has 0 aliphatic carbocycles. The van der Waals surface area contributed by atoms with E-state index in [-0.39, 0.29) is 11.9 Å². The molecule has 0 saturated heterocycles. The molecule has 0 saturated carbocycles. The Balaban J connectivity index is 2.20. The lowest BCUT2D eigenvalue weighted by Gasteiger charge is -2.18. The van der Waals surface area contributed by atoms with E-state index in [4.69, 9.17) is 4.74 Å². The van der Waals surface area contributed by atoms with Crippen LogP contribution in [0.1, 0.15) is 18.5 Å². The third-order valence-corrected chi connectivity index (χ3v) is 3.55. The summed E-state index contributed by atoms with van der Waals surface area (Å²) in [4.78, 5) is 0. The molecule has 2 rings (SSSR count). The van der Waals surface area contributed by atoms with Crippen molar-refractivity contribution in [3.63, 3.8) is 0 Å². The topological polar surface area (TPSA) is 21.3 Å². The second-order valence-corrected chi connectivity index (χ2v) is 5.09. The van der Waals surface area contributed by atoms with Crippen molar-refractivity contribution >= 4 is 21.6 Å². The minimum Gasteiger partial charge on any atom is -0.496 e. The van der Waals surface area contributed by atoms with E-state index in [9.17, 15) is 4.39 Å². The number of ether oxygens (including phenoxy) is 1. The lowest BCUT2D eigenvalue weighted by molar-refractivity contribution is 0.408. The highest BCUT2D eigenvalue weighted by Crippen LogP contribution is 2.28. The van der Waals surface area contributed by atoms with E-state index in [0.29, 0.717) is 4.47 Å². The smallest absolute Gasteiger partial charge is 0.139 e. The molecule has 0 fully saturated rings. The van der Waals surface area contributed by atoms with Crippen LogP contribution in [0, 0.1) is 5.82 Å². The molecule has 2 aromatic carbocycles. The number of halogens is 2. The average molecular weight is 324 g/mol. The van der Waals surface area contributed by atoms with Crippen LogP contribution in [0.2, 0.25) is 0 Å². The van der Waals surface area contributed by atoms with E-state index >= 15 is 0 Å². The molecule has 0 amide bonds. The molecule has 1 atom stereocenters. The number of nitrogens with one attached hydrogen (secondary N) is 1. The van der Waals surface area contributed by atoms with Crippen LogP contribution in [0.5, 0.6) is 5.75 Å². The van der Waals surface area contributed by atoms with Gasteiger partial charge in [0.25, 0.3) is 0 Å². The SMILES string of the molecule is COc1ccccc1C(C)Nc1ccc(Br)c(F)c1. The molecule has 1 unspecified atom stereocenters. The number of para-hydroxylation sites is 1. The van der Waals surface area contributed by atoms with Gasteiger partial charge >= 0.3 is 0 Å². The largest absolute Gasteiger partial charge is 0.496 e. The predicted octanol–water partition coefficient (Wildman–Crippen LogP) is 4.77. The molecule has 0 aliphatic heterocycles. The highest BCUT2D eigenvalue weighted by atomic mass is 79.9. The Hall–Kier alpha value is -1.55. The van der Waals surface area contributed by atoms with Gasteiger partial charge in [0.1, 0.15) is 11.6 Å². The Labute approximate surface area is 120 Å². The van der Waals surface area contributed by atoms with Gasteiger partial charge in [-0.3, -0.25) is 0 Å². The fraction of sp³-hybridized carbons (Fsp3) is 0.200. The summed E-state index contributed by atoms with van der Waals surface area (Å²) in [6.45, 7) is 2.01. The summed E-state index contributed by atoms with van der Waals surface area (Å²) in [6, 6.07) is 12.8. The monoisotopic (exact) mass is 323 g/mol. The summed E-state index contributed by atoms with van der Waals surface area (Å²) >= 11 is 3.14. The van der Waals surface area contributed by atoms with Crippen molar-refractivity contribution in [1.82, 2.24) is 0 Å². The molecule has 19 heavy (non-hydrogen) atoms. The first-order chi connectivity index (χ1) is 9.11. The molecular formula is C15H15BrFNO. The maximum atomic E-state index is 13.5. The quantitative estimate of drug-likeness (QED) is 0.875. The second kappa shape index (κ2) is 6.06. The van der Waals surface area contributed by atoms with Gasteiger partial charge in [-0.25, -0.2) is 4.39 Å². The van der Waals surface area contributed by atoms with Crippen molar-refractivity contribution in [2.75, 3.05) is 12.4 Å². The van der Waals surface area contributed by atoms with Crippen LogP contribution in [0.15, 0.2) is 46.9 Å². The summed E-state index contributed by atoms with van der Waals surface area (Å²) in [5, 5.41) is 3.26. The molecule has 0 aromatic heterocycles. The third-order valence-electron chi connectivity index (χ3n) is 2.91. The zero-order valence-corrected chi connectivity index (χ0v) is 12.4. The lowest BCUT2D eigenvalue weighted by Crippen LogP contribution is -2.08. The van der Waals surface area contributed by atoms with Gasteiger partial charge in [0, 0.05) is 11.3 Å². The fourth-order valence-corrected chi connectivity index (χ4v) is 2.18. The molecule has 0 radical (unpaired) electrons. The standard InChI is InChI=1S/C15H15BrFNO/c1-10(12-5-3-4-6-15(12)19-2)18-11-7-8-13(16)14(17)9-11/h3-10,18H,1-2H3. The van der Waals surface area contributed by atoms with Crippen LogP contribution in [-0.2, 0) is 0 Å². The number of rotatable bonds is 4. The molecule has 4 heteroatoms. The summed E-state index contributed by atoms with van der Waals surface area (Å²) in [7, 11) is 1.64. The van der Waals surface area contributed by atoms with Crippen LogP contribution < -0.4 is 10.1 Å². The van der Waals surface area contributed by atoms with Gasteiger partial charge < -0.3 is 10.1 Å². The average Bonchev–Trinajstić information content (AvgIpc) is 2.43. The molecule has 0 aliphatic rings. The summed E-state index contributed by atoms with van der Waals surface area (Å²) in [5.41, 5.74) is 1.77. The molecular weight excluding hydrogens is 309 g/mol. The molecule has 2 nitrogen and oxygen atoms in total. The van der Waals surface area contributed by atoms with Crippen LogP contribution in [0.25, 0.3) is 0 Å². The third kappa shape index (κ3) is 3.26. The van der Waals surface area contributed by atoms with Crippen LogP contribution in [-0.4, -0.2) is 7.11 Å². The van der Waals surface area contributed by atoms with Crippen molar-refractivity contribution in [2.45, 2.75) is 13.0 Å². The van der Waals surface area contributed by atoms with Gasteiger partial charge in [-0.15, -0.1) is 0 Å². The van der Waals surface area contributed by atoms with Crippen molar-refractivity contribution in [3.8, 4) is 5.75 Å². The molecule has 0 heterocycles. The van der Waals surface area contributed by atoms with E-state index in [1.807, 2.05) is 37.3 Å². The molecule has 0 bridgehead atoms. The Morgan fingerprint density at radius 1 is 1.21 bits per heavy atom. The summed E-state index contributed by atoms with van der Waals surface area (Å²) < 4.78 is 19.3. The second-order valence-electron chi connectivity index (χ2n) is 4.24. The van der Waals surface area contributed by atoms with Crippen LogP contribution in [0.3, 0.4) is 0 Å². The van der Waals surface area contributed by atoms with Gasteiger partial charge in [-0.05, 0) is 47.1 Å². The van der Waals surface area contributed by atoms with E-state index in [2.05, 4.69) is 21.2 Å². The number of benzene rings is 2. The Bertz CT molecular complexity index is 574. The van der Waals surface area contributed by atoms with Gasteiger partial charge in [-0.1, -0.05) is 18.2 Å². The van der Waals surface area contributed by atoms with E-state index in [1.54, 1.807) is 13.2 Å². The van der Waals surface area contributed by atoms with Crippen LogP contribution >= 0.6 is 15.9 Å². The summed E-state index contributed by atoms with van der Waals surface area (Å²) in [6.07, 6.45) is 0. The number of anilines is 1.